The summed E-state index contributed by atoms with van der Waals surface area (Å²) in [6.45, 7) is 4.66. The number of anilines is 2. The zero-order valence-electron chi connectivity index (χ0n) is 16.4. The smallest absolute Gasteiger partial charge is 0.251 e. The van der Waals surface area contributed by atoms with Crippen molar-refractivity contribution in [2.24, 2.45) is 0 Å². The average molecular weight is 386 g/mol. The highest BCUT2D eigenvalue weighted by atomic mass is 16.1. The second kappa shape index (κ2) is 8.10. The highest BCUT2D eigenvalue weighted by molar-refractivity contribution is 5.95. The van der Waals surface area contributed by atoms with Gasteiger partial charge in [0, 0.05) is 36.6 Å². The Bertz CT molecular complexity index is 1110. The minimum absolute atomic E-state index is 0.134. The van der Waals surface area contributed by atoms with E-state index in [-0.39, 0.29) is 5.91 Å². The van der Waals surface area contributed by atoms with Gasteiger partial charge in [-0.15, -0.1) is 0 Å². The number of carbonyl (C=O) groups is 1. The molecule has 0 aliphatic heterocycles. The van der Waals surface area contributed by atoms with E-state index in [1.54, 1.807) is 30.6 Å². The quantitative estimate of drug-likeness (QED) is 0.470. The largest absolute Gasteiger partial charge is 0.352 e. The number of nitrogens with zero attached hydrogens (tertiary/aromatic N) is 3. The van der Waals surface area contributed by atoms with Crippen LogP contribution in [0.5, 0.6) is 0 Å². The van der Waals surface area contributed by atoms with Crippen LogP contribution in [0.4, 0.5) is 11.6 Å². The van der Waals surface area contributed by atoms with Gasteiger partial charge in [0.15, 0.2) is 0 Å². The van der Waals surface area contributed by atoms with E-state index < -0.39 is 0 Å². The number of carbonyl (C=O) groups excluding carboxylic acids is 1. The lowest BCUT2D eigenvalue weighted by atomic mass is 10.1. The number of aromatic amines is 1. The molecule has 0 saturated carbocycles. The van der Waals surface area contributed by atoms with Crippen LogP contribution in [0.1, 0.15) is 27.3 Å². The van der Waals surface area contributed by atoms with Gasteiger partial charge >= 0.3 is 0 Å². The maximum absolute atomic E-state index is 12.5. The molecule has 0 aliphatic rings. The van der Waals surface area contributed by atoms with Crippen molar-refractivity contribution in [2.45, 2.75) is 20.3 Å². The molecule has 146 valence electrons. The fraction of sp³-hybridized carbons (Fsp3) is 0.182. The Morgan fingerprint density at radius 3 is 2.66 bits per heavy atom. The predicted octanol–water partition coefficient (Wildman–Crippen LogP) is 3.69. The van der Waals surface area contributed by atoms with Gasteiger partial charge in [0.1, 0.15) is 5.82 Å². The summed E-state index contributed by atoms with van der Waals surface area (Å²) in [5, 5.41) is 6.04. The fourth-order valence-electron chi connectivity index (χ4n) is 3.07. The normalized spacial score (nSPS) is 10.8. The summed E-state index contributed by atoms with van der Waals surface area (Å²) < 4.78 is 0. The molecule has 0 unspecified atom stereocenters. The van der Waals surface area contributed by atoms with Gasteiger partial charge < -0.3 is 15.6 Å². The molecule has 4 aromatic rings. The van der Waals surface area contributed by atoms with Gasteiger partial charge in [-0.05, 0) is 61.4 Å². The molecule has 3 N–H and O–H groups in total. The van der Waals surface area contributed by atoms with Crippen LogP contribution in [0.3, 0.4) is 0 Å². The van der Waals surface area contributed by atoms with Crippen LogP contribution in [0.15, 0.2) is 54.9 Å². The maximum atomic E-state index is 12.5. The van der Waals surface area contributed by atoms with Crippen molar-refractivity contribution < 1.29 is 4.79 Å². The summed E-state index contributed by atoms with van der Waals surface area (Å²) in [4.78, 5) is 28.7. The first kappa shape index (κ1) is 18.6. The molecule has 1 amide bonds. The van der Waals surface area contributed by atoms with Crippen LogP contribution in [0, 0.1) is 13.8 Å². The molecule has 29 heavy (non-hydrogen) atoms. The Balaban J connectivity index is 1.37. The van der Waals surface area contributed by atoms with Crippen LogP contribution in [0.25, 0.3) is 11.0 Å². The molecule has 7 heteroatoms. The first-order chi connectivity index (χ1) is 14.1. The number of hydrogen-bond donors (Lipinski definition) is 3. The van der Waals surface area contributed by atoms with E-state index in [0.29, 0.717) is 24.5 Å². The van der Waals surface area contributed by atoms with Crippen molar-refractivity contribution in [3.8, 4) is 0 Å². The summed E-state index contributed by atoms with van der Waals surface area (Å²) in [6.07, 6.45) is 3.95. The Hall–Kier alpha value is -3.74. The minimum Gasteiger partial charge on any atom is -0.352 e. The Morgan fingerprint density at radius 1 is 1.03 bits per heavy atom. The molecular formula is C22H22N6O. The molecule has 0 radical (unpaired) electrons. The molecule has 0 saturated heterocycles. The standard InChI is InChI=1S/C22H22N6O/c1-14-11-18-19(12-15(14)2)28-20(27-18)7-10-23-21(29)16-5-3-6-17(13-16)26-22-24-8-4-9-25-22/h3-6,8-9,11-13H,7,10H2,1-2H3,(H,23,29)(H,27,28)(H,24,25,26). The summed E-state index contributed by atoms with van der Waals surface area (Å²) >= 11 is 0. The number of H-pyrrole nitrogens is 1. The zero-order chi connectivity index (χ0) is 20.2. The number of aromatic nitrogens is 4. The highest BCUT2D eigenvalue weighted by Gasteiger charge is 2.09. The van der Waals surface area contributed by atoms with Crippen molar-refractivity contribution in [3.05, 3.63) is 77.4 Å². The third-order valence-corrected chi connectivity index (χ3v) is 4.74. The first-order valence-corrected chi connectivity index (χ1v) is 9.46. The van der Waals surface area contributed by atoms with Crippen molar-refractivity contribution in [3.63, 3.8) is 0 Å². The second-order valence-electron chi connectivity index (χ2n) is 6.92. The molecular weight excluding hydrogens is 364 g/mol. The lowest BCUT2D eigenvalue weighted by Crippen LogP contribution is -2.26. The molecule has 0 atom stereocenters. The summed E-state index contributed by atoms with van der Waals surface area (Å²) in [5.74, 6) is 1.22. The molecule has 2 heterocycles. The molecule has 0 bridgehead atoms. The van der Waals surface area contributed by atoms with E-state index in [1.165, 1.54) is 11.1 Å². The number of aryl methyl sites for hydroxylation is 2. The van der Waals surface area contributed by atoms with Gasteiger partial charge in [-0.1, -0.05) is 6.07 Å². The maximum Gasteiger partial charge on any atom is 0.251 e. The molecule has 4 rings (SSSR count). The van der Waals surface area contributed by atoms with E-state index in [1.807, 2.05) is 12.1 Å². The van der Waals surface area contributed by atoms with Gasteiger partial charge in [0.2, 0.25) is 5.95 Å². The third-order valence-electron chi connectivity index (χ3n) is 4.74. The van der Waals surface area contributed by atoms with Gasteiger partial charge in [-0.25, -0.2) is 15.0 Å². The lowest BCUT2D eigenvalue weighted by molar-refractivity contribution is 0.0954. The molecule has 2 aromatic carbocycles. The Kier molecular flexibility index (Phi) is 5.20. The highest BCUT2D eigenvalue weighted by Crippen LogP contribution is 2.17. The molecule has 0 fully saturated rings. The van der Waals surface area contributed by atoms with E-state index in [9.17, 15) is 4.79 Å². The average Bonchev–Trinajstić information content (AvgIpc) is 3.10. The molecule has 0 spiro atoms. The van der Waals surface area contributed by atoms with E-state index >= 15 is 0 Å². The van der Waals surface area contributed by atoms with Crippen LogP contribution in [-0.4, -0.2) is 32.4 Å². The number of imidazole rings is 1. The SMILES string of the molecule is Cc1cc2nc(CCNC(=O)c3cccc(Nc4ncccn4)c3)[nH]c2cc1C. The van der Waals surface area contributed by atoms with Crippen molar-refractivity contribution in [2.75, 3.05) is 11.9 Å². The van der Waals surface area contributed by atoms with Gasteiger partial charge in [-0.3, -0.25) is 4.79 Å². The number of rotatable bonds is 6. The van der Waals surface area contributed by atoms with Crippen LogP contribution >= 0.6 is 0 Å². The number of amides is 1. The number of fused-ring (bicyclic) bond motifs is 1. The predicted molar refractivity (Wildman–Crippen MR) is 113 cm³/mol. The summed E-state index contributed by atoms with van der Waals surface area (Å²) in [5.41, 5.74) is 5.76. The van der Waals surface area contributed by atoms with Gasteiger partial charge in [0.05, 0.1) is 11.0 Å². The van der Waals surface area contributed by atoms with Crippen LogP contribution in [-0.2, 0) is 6.42 Å². The van der Waals surface area contributed by atoms with Crippen molar-refractivity contribution >= 4 is 28.6 Å². The van der Waals surface area contributed by atoms with Gasteiger partial charge in [-0.2, -0.15) is 0 Å². The third kappa shape index (κ3) is 4.40. The van der Waals surface area contributed by atoms with Crippen molar-refractivity contribution in [1.29, 1.82) is 0 Å². The van der Waals surface area contributed by atoms with Crippen molar-refractivity contribution in [1.82, 2.24) is 25.3 Å². The number of hydrogen-bond acceptors (Lipinski definition) is 5. The van der Waals surface area contributed by atoms with E-state index in [4.69, 9.17) is 0 Å². The summed E-state index contributed by atoms with van der Waals surface area (Å²) in [6, 6.07) is 13.2. The number of benzene rings is 2. The summed E-state index contributed by atoms with van der Waals surface area (Å²) in [7, 11) is 0. The Morgan fingerprint density at radius 2 is 1.83 bits per heavy atom. The minimum atomic E-state index is -0.134. The molecule has 2 aromatic heterocycles. The zero-order valence-corrected chi connectivity index (χ0v) is 16.4. The van der Waals surface area contributed by atoms with E-state index in [0.717, 1.165) is 22.5 Å². The lowest BCUT2D eigenvalue weighted by Gasteiger charge is -2.07. The fourth-order valence-corrected chi connectivity index (χ4v) is 3.07. The molecule has 7 nitrogen and oxygen atoms in total. The van der Waals surface area contributed by atoms with Crippen LogP contribution in [0.2, 0.25) is 0 Å². The first-order valence-electron chi connectivity index (χ1n) is 9.46. The monoisotopic (exact) mass is 386 g/mol. The number of nitrogens with one attached hydrogen (secondary N) is 3. The molecule has 0 aliphatic carbocycles. The second-order valence-corrected chi connectivity index (χ2v) is 6.92. The van der Waals surface area contributed by atoms with E-state index in [2.05, 4.69) is 56.5 Å². The van der Waals surface area contributed by atoms with Crippen LogP contribution < -0.4 is 10.6 Å². The topological polar surface area (TPSA) is 95.6 Å². The van der Waals surface area contributed by atoms with Gasteiger partial charge in [0.25, 0.3) is 5.91 Å². The Labute approximate surface area is 168 Å².